The second kappa shape index (κ2) is 4.89. The number of fused-ring (bicyclic) bond motifs is 1. The number of imidazole rings is 1. The number of hydrogen-bond donors (Lipinski definition) is 0. The molecule has 23 heavy (non-hydrogen) atoms. The van der Waals surface area contributed by atoms with E-state index in [0.717, 1.165) is 17.0 Å². The van der Waals surface area contributed by atoms with Crippen molar-refractivity contribution < 1.29 is 8.42 Å². The zero-order valence-electron chi connectivity index (χ0n) is 13.0. The van der Waals surface area contributed by atoms with E-state index in [0.29, 0.717) is 18.1 Å². The molecular formula is C15H17N5O2S. The summed E-state index contributed by atoms with van der Waals surface area (Å²) in [5, 5.41) is 4.44. The summed E-state index contributed by atoms with van der Waals surface area (Å²) in [5.74, 6) is 1.60. The molecule has 1 saturated heterocycles. The van der Waals surface area contributed by atoms with Gasteiger partial charge in [-0.1, -0.05) is 6.07 Å². The van der Waals surface area contributed by atoms with Crippen LogP contribution >= 0.6 is 0 Å². The first kappa shape index (κ1) is 14.4. The van der Waals surface area contributed by atoms with Gasteiger partial charge in [-0.05, 0) is 32.4 Å². The van der Waals surface area contributed by atoms with E-state index < -0.39 is 9.84 Å². The van der Waals surface area contributed by atoms with Crippen LogP contribution in [0.2, 0.25) is 0 Å². The molecule has 120 valence electrons. The molecule has 0 amide bonds. The molecule has 4 rings (SSSR count). The fraction of sp³-hybridized carbons (Fsp3) is 0.400. The van der Waals surface area contributed by atoms with Crippen LogP contribution < -0.4 is 0 Å². The maximum Gasteiger partial charge on any atom is 0.179 e. The highest BCUT2D eigenvalue weighted by Gasteiger charge is 2.32. The summed E-state index contributed by atoms with van der Waals surface area (Å²) in [6, 6.07) is 5.65. The van der Waals surface area contributed by atoms with Gasteiger partial charge in [0.2, 0.25) is 0 Å². The van der Waals surface area contributed by atoms with Crippen LogP contribution in [0.4, 0.5) is 0 Å². The Balaban J connectivity index is 1.87. The van der Waals surface area contributed by atoms with Crippen LogP contribution in [0.3, 0.4) is 0 Å². The van der Waals surface area contributed by atoms with Crippen LogP contribution in [0, 0.1) is 13.8 Å². The van der Waals surface area contributed by atoms with Gasteiger partial charge in [0.1, 0.15) is 17.2 Å². The summed E-state index contributed by atoms with van der Waals surface area (Å²) in [7, 11) is -2.98. The fourth-order valence-corrected chi connectivity index (χ4v) is 4.84. The average Bonchev–Trinajstić information content (AvgIpc) is 3.15. The molecule has 0 N–H and O–H groups in total. The highest BCUT2D eigenvalue weighted by molar-refractivity contribution is 7.91. The van der Waals surface area contributed by atoms with Crippen LogP contribution in [0.1, 0.15) is 24.0 Å². The van der Waals surface area contributed by atoms with Gasteiger partial charge >= 0.3 is 0 Å². The molecular weight excluding hydrogens is 314 g/mol. The predicted molar refractivity (Wildman–Crippen MR) is 86.0 cm³/mol. The zero-order valence-corrected chi connectivity index (χ0v) is 13.8. The van der Waals surface area contributed by atoms with Gasteiger partial charge in [-0.25, -0.2) is 23.1 Å². The summed E-state index contributed by atoms with van der Waals surface area (Å²) in [4.78, 5) is 9.16. The zero-order chi connectivity index (χ0) is 16.2. The first-order chi connectivity index (χ1) is 10.9. The summed E-state index contributed by atoms with van der Waals surface area (Å²) in [6.07, 6.45) is 2.53. The predicted octanol–water partition coefficient (Wildman–Crippen LogP) is 1.57. The Morgan fingerprint density at radius 3 is 2.74 bits per heavy atom. The number of aryl methyl sites for hydroxylation is 2. The van der Waals surface area contributed by atoms with Crippen LogP contribution in [-0.4, -0.2) is 44.1 Å². The lowest BCUT2D eigenvalue weighted by Gasteiger charge is -2.10. The average molecular weight is 331 g/mol. The second-order valence-electron chi connectivity index (χ2n) is 5.96. The first-order valence-electron chi connectivity index (χ1n) is 7.52. The maximum atomic E-state index is 11.8. The molecule has 4 heterocycles. The van der Waals surface area contributed by atoms with Crippen LogP contribution in [0.5, 0.6) is 0 Å². The number of aromatic nitrogens is 5. The molecule has 1 fully saturated rings. The van der Waals surface area contributed by atoms with Gasteiger partial charge in [-0.2, -0.15) is 5.10 Å². The van der Waals surface area contributed by atoms with Gasteiger partial charge in [0.15, 0.2) is 15.7 Å². The highest BCUT2D eigenvalue weighted by Crippen LogP contribution is 2.29. The Bertz CT molecular complexity index is 1000. The van der Waals surface area contributed by atoms with Crippen molar-refractivity contribution in [2.24, 2.45) is 0 Å². The molecule has 0 aromatic carbocycles. The van der Waals surface area contributed by atoms with E-state index in [9.17, 15) is 8.42 Å². The number of hydrogen-bond acceptors (Lipinski definition) is 5. The molecule has 7 nitrogen and oxygen atoms in total. The van der Waals surface area contributed by atoms with E-state index in [4.69, 9.17) is 0 Å². The smallest absolute Gasteiger partial charge is 0.179 e. The third-order valence-electron chi connectivity index (χ3n) is 4.27. The molecule has 8 heteroatoms. The van der Waals surface area contributed by atoms with Gasteiger partial charge in [0.25, 0.3) is 0 Å². The molecule has 0 aliphatic carbocycles. The third kappa shape index (κ3) is 2.33. The van der Waals surface area contributed by atoms with Crippen LogP contribution in [0.15, 0.2) is 24.4 Å². The van der Waals surface area contributed by atoms with Crippen molar-refractivity contribution in [1.29, 1.82) is 0 Å². The van der Waals surface area contributed by atoms with E-state index >= 15 is 0 Å². The summed E-state index contributed by atoms with van der Waals surface area (Å²) in [6.45, 7) is 3.80. The molecule has 0 saturated carbocycles. The van der Waals surface area contributed by atoms with Crippen molar-refractivity contribution in [3.63, 3.8) is 0 Å². The quantitative estimate of drug-likeness (QED) is 0.712. The Hall–Kier alpha value is -2.22. The van der Waals surface area contributed by atoms with E-state index in [1.165, 1.54) is 0 Å². The minimum Gasteiger partial charge on any atom is -0.304 e. The van der Waals surface area contributed by atoms with E-state index in [1.54, 1.807) is 4.68 Å². The molecule has 0 radical (unpaired) electrons. The molecule has 1 unspecified atom stereocenters. The minimum atomic E-state index is -2.98. The SMILES string of the molecule is Cc1nc(-c2nc3ccccn3c2C)n(C2CCS(=O)(=O)C2)n1. The molecule has 1 aliphatic heterocycles. The lowest BCUT2D eigenvalue weighted by molar-refractivity contribution is 0.501. The lowest BCUT2D eigenvalue weighted by Crippen LogP contribution is -2.14. The monoisotopic (exact) mass is 331 g/mol. The van der Waals surface area contributed by atoms with Gasteiger partial charge in [-0.3, -0.25) is 0 Å². The van der Waals surface area contributed by atoms with Crippen molar-refractivity contribution >= 4 is 15.5 Å². The number of pyridine rings is 1. The highest BCUT2D eigenvalue weighted by atomic mass is 32.2. The third-order valence-corrected chi connectivity index (χ3v) is 6.02. The lowest BCUT2D eigenvalue weighted by atomic mass is 10.2. The first-order valence-corrected chi connectivity index (χ1v) is 9.34. The number of rotatable bonds is 2. The second-order valence-corrected chi connectivity index (χ2v) is 8.19. The summed E-state index contributed by atoms with van der Waals surface area (Å²) < 4.78 is 27.3. The van der Waals surface area contributed by atoms with Crippen molar-refractivity contribution in [1.82, 2.24) is 24.1 Å². The Morgan fingerprint density at radius 2 is 2.04 bits per heavy atom. The molecule has 0 bridgehead atoms. The van der Waals surface area contributed by atoms with Crippen LogP contribution in [-0.2, 0) is 9.84 Å². The van der Waals surface area contributed by atoms with Gasteiger partial charge < -0.3 is 4.40 Å². The van der Waals surface area contributed by atoms with E-state index in [-0.39, 0.29) is 17.5 Å². The van der Waals surface area contributed by atoms with Crippen molar-refractivity contribution in [3.05, 3.63) is 35.9 Å². The Morgan fingerprint density at radius 1 is 1.22 bits per heavy atom. The van der Waals surface area contributed by atoms with Crippen LogP contribution in [0.25, 0.3) is 17.2 Å². The number of sulfone groups is 1. The number of nitrogens with zero attached hydrogens (tertiary/aromatic N) is 5. The van der Waals surface area contributed by atoms with E-state index in [2.05, 4.69) is 15.1 Å². The molecule has 1 aliphatic rings. The Labute approximate surface area is 133 Å². The standard InChI is InChI=1S/C15H17N5O2S/c1-10-14(17-13-5-3-4-7-19(10)13)15-16-11(2)18-20(15)12-6-8-23(21,22)9-12/h3-5,7,12H,6,8-9H2,1-2H3. The Kier molecular flexibility index (Phi) is 3.06. The minimum absolute atomic E-state index is 0.120. The summed E-state index contributed by atoms with van der Waals surface area (Å²) in [5.41, 5.74) is 2.56. The topological polar surface area (TPSA) is 82.2 Å². The van der Waals surface area contributed by atoms with Crippen molar-refractivity contribution in [2.75, 3.05) is 11.5 Å². The van der Waals surface area contributed by atoms with Gasteiger partial charge in [-0.15, -0.1) is 0 Å². The molecule has 1 atom stereocenters. The van der Waals surface area contributed by atoms with Crippen molar-refractivity contribution in [2.45, 2.75) is 26.3 Å². The fourth-order valence-electron chi connectivity index (χ4n) is 3.14. The largest absolute Gasteiger partial charge is 0.304 e. The molecule has 3 aromatic heterocycles. The van der Waals surface area contributed by atoms with Gasteiger partial charge in [0.05, 0.1) is 23.2 Å². The van der Waals surface area contributed by atoms with Gasteiger partial charge in [0, 0.05) is 6.20 Å². The van der Waals surface area contributed by atoms with E-state index in [1.807, 2.05) is 42.6 Å². The molecule has 0 spiro atoms. The van der Waals surface area contributed by atoms with Crippen molar-refractivity contribution in [3.8, 4) is 11.5 Å². The summed E-state index contributed by atoms with van der Waals surface area (Å²) >= 11 is 0. The maximum absolute atomic E-state index is 11.8. The normalized spacial score (nSPS) is 20.3. The molecule has 3 aromatic rings.